The summed E-state index contributed by atoms with van der Waals surface area (Å²) in [4.78, 5) is 31.6. The summed E-state index contributed by atoms with van der Waals surface area (Å²) in [6, 6.07) is 5.80. The summed E-state index contributed by atoms with van der Waals surface area (Å²) < 4.78 is 17.5. The molecule has 1 aliphatic carbocycles. The standard InChI is InChI=1S/C24H27NO6/c1-5-13-30-25-22(27)20(19-16(2)7-6-8-17(19)3)21(31-18(4)26)23(25)9-11-24(12-10-23)28-14-15-29-24/h1,6-8H,9-15H2,2-4H3. The van der Waals surface area contributed by atoms with Gasteiger partial charge in [0.05, 0.1) is 18.8 Å². The minimum Gasteiger partial charge on any atom is -0.428 e. The second-order valence-electron chi connectivity index (χ2n) is 8.28. The second-order valence-corrected chi connectivity index (χ2v) is 8.28. The van der Waals surface area contributed by atoms with Crippen LogP contribution in [0.3, 0.4) is 0 Å². The van der Waals surface area contributed by atoms with Gasteiger partial charge in [0.25, 0.3) is 5.91 Å². The molecule has 2 fully saturated rings. The van der Waals surface area contributed by atoms with Crippen molar-refractivity contribution in [2.45, 2.75) is 57.8 Å². The third-order valence-corrected chi connectivity index (χ3v) is 6.34. The Morgan fingerprint density at radius 2 is 1.77 bits per heavy atom. The molecular weight excluding hydrogens is 398 g/mol. The molecule has 2 spiro atoms. The van der Waals surface area contributed by atoms with Gasteiger partial charge in [0, 0.05) is 19.8 Å². The van der Waals surface area contributed by atoms with Gasteiger partial charge in [-0.3, -0.25) is 14.4 Å². The molecule has 2 heterocycles. The first-order chi connectivity index (χ1) is 14.8. The van der Waals surface area contributed by atoms with Gasteiger partial charge in [0.15, 0.2) is 5.79 Å². The van der Waals surface area contributed by atoms with E-state index in [9.17, 15) is 9.59 Å². The first-order valence-corrected chi connectivity index (χ1v) is 10.5. The van der Waals surface area contributed by atoms with Gasteiger partial charge in [-0.05, 0) is 43.4 Å². The van der Waals surface area contributed by atoms with Crippen molar-refractivity contribution in [2.24, 2.45) is 0 Å². The van der Waals surface area contributed by atoms with E-state index in [1.165, 1.54) is 12.0 Å². The largest absolute Gasteiger partial charge is 0.428 e. The van der Waals surface area contributed by atoms with E-state index in [0.29, 0.717) is 50.2 Å². The van der Waals surface area contributed by atoms with Crippen molar-refractivity contribution in [1.82, 2.24) is 5.06 Å². The van der Waals surface area contributed by atoms with E-state index in [-0.39, 0.29) is 12.5 Å². The Labute approximate surface area is 182 Å². The number of aryl methyl sites for hydroxylation is 2. The van der Waals surface area contributed by atoms with E-state index in [4.69, 9.17) is 25.5 Å². The van der Waals surface area contributed by atoms with Crippen LogP contribution in [0.15, 0.2) is 24.0 Å². The first-order valence-electron chi connectivity index (χ1n) is 10.5. The molecule has 0 unspecified atom stereocenters. The predicted octanol–water partition coefficient (Wildman–Crippen LogP) is 3.04. The molecule has 0 atom stereocenters. The van der Waals surface area contributed by atoms with Gasteiger partial charge in [0.2, 0.25) is 0 Å². The van der Waals surface area contributed by atoms with Gasteiger partial charge in [-0.2, -0.15) is 0 Å². The monoisotopic (exact) mass is 425 g/mol. The number of nitrogens with zero attached hydrogens (tertiary/aromatic N) is 1. The molecular formula is C24H27NO6. The van der Waals surface area contributed by atoms with E-state index in [1.807, 2.05) is 32.0 Å². The van der Waals surface area contributed by atoms with Crippen LogP contribution in [0.25, 0.3) is 5.57 Å². The number of esters is 1. The van der Waals surface area contributed by atoms with Crippen LogP contribution in [0.5, 0.6) is 0 Å². The zero-order valence-electron chi connectivity index (χ0n) is 18.2. The summed E-state index contributed by atoms with van der Waals surface area (Å²) in [7, 11) is 0. The van der Waals surface area contributed by atoms with E-state index in [1.54, 1.807) is 0 Å². The van der Waals surface area contributed by atoms with Crippen LogP contribution in [-0.4, -0.2) is 48.1 Å². The van der Waals surface area contributed by atoms with E-state index < -0.39 is 17.3 Å². The van der Waals surface area contributed by atoms with Crippen LogP contribution in [-0.2, 0) is 28.6 Å². The number of hydroxylamine groups is 2. The molecule has 7 heteroatoms. The highest BCUT2D eigenvalue weighted by Crippen LogP contribution is 2.53. The maximum atomic E-state index is 13.7. The highest BCUT2D eigenvalue weighted by Gasteiger charge is 2.60. The van der Waals surface area contributed by atoms with E-state index >= 15 is 0 Å². The van der Waals surface area contributed by atoms with E-state index in [2.05, 4.69) is 5.92 Å². The molecule has 1 saturated carbocycles. The third kappa shape index (κ3) is 3.55. The lowest BCUT2D eigenvalue weighted by Crippen LogP contribution is -2.54. The quantitative estimate of drug-likeness (QED) is 0.545. The van der Waals surface area contributed by atoms with Crippen molar-refractivity contribution in [1.29, 1.82) is 0 Å². The summed E-state index contributed by atoms with van der Waals surface area (Å²) in [5, 5.41) is 1.33. The molecule has 0 N–H and O–H groups in total. The Kier molecular flexibility index (Phi) is 5.65. The fourth-order valence-electron chi connectivity index (χ4n) is 4.98. The van der Waals surface area contributed by atoms with Crippen molar-refractivity contribution in [3.8, 4) is 12.3 Å². The maximum Gasteiger partial charge on any atom is 0.307 e. The number of hydrogen-bond donors (Lipinski definition) is 0. The molecule has 0 bridgehead atoms. The SMILES string of the molecule is C#CCON1C(=O)C(c2c(C)cccc2C)=C(OC(C)=O)C12CCC1(CC2)OCCO1. The summed E-state index contributed by atoms with van der Waals surface area (Å²) in [5.74, 6) is 1.25. The molecule has 0 aromatic heterocycles. The molecule has 0 radical (unpaired) electrons. The molecule has 3 aliphatic rings. The molecule has 2 aliphatic heterocycles. The summed E-state index contributed by atoms with van der Waals surface area (Å²) in [6.45, 7) is 6.22. The lowest BCUT2D eigenvalue weighted by atomic mass is 9.77. The number of amides is 1. The summed E-state index contributed by atoms with van der Waals surface area (Å²) in [6.07, 6.45) is 7.42. The molecule has 4 rings (SSSR count). The molecule has 31 heavy (non-hydrogen) atoms. The fraction of sp³-hybridized carbons (Fsp3) is 0.500. The number of benzene rings is 1. The number of terminal acetylenes is 1. The van der Waals surface area contributed by atoms with Crippen LogP contribution >= 0.6 is 0 Å². The van der Waals surface area contributed by atoms with Gasteiger partial charge >= 0.3 is 5.97 Å². The smallest absolute Gasteiger partial charge is 0.307 e. The molecule has 1 aromatic rings. The van der Waals surface area contributed by atoms with Crippen molar-refractivity contribution in [2.75, 3.05) is 19.8 Å². The van der Waals surface area contributed by atoms with Gasteiger partial charge in [-0.15, -0.1) is 6.42 Å². The first kappa shape index (κ1) is 21.6. The number of ether oxygens (including phenoxy) is 3. The highest BCUT2D eigenvalue weighted by atomic mass is 16.7. The van der Waals surface area contributed by atoms with Crippen molar-refractivity contribution in [3.63, 3.8) is 0 Å². The van der Waals surface area contributed by atoms with Gasteiger partial charge in [-0.1, -0.05) is 24.1 Å². The average molecular weight is 425 g/mol. The Balaban J connectivity index is 1.86. The van der Waals surface area contributed by atoms with Gasteiger partial charge < -0.3 is 14.2 Å². The molecule has 164 valence electrons. The zero-order chi connectivity index (χ0) is 22.2. The number of rotatable bonds is 4. The number of carbonyl (C=O) groups is 2. The second kappa shape index (κ2) is 8.12. The molecule has 1 aromatic carbocycles. The van der Waals surface area contributed by atoms with Crippen LogP contribution in [0.2, 0.25) is 0 Å². The fourth-order valence-corrected chi connectivity index (χ4v) is 4.98. The van der Waals surface area contributed by atoms with Crippen molar-refractivity contribution in [3.05, 3.63) is 40.6 Å². The number of carbonyl (C=O) groups excluding carboxylic acids is 2. The van der Waals surface area contributed by atoms with Crippen LogP contribution in [0.4, 0.5) is 0 Å². The predicted molar refractivity (Wildman–Crippen MR) is 112 cm³/mol. The van der Waals surface area contributed by atoms with Crippen LogP contribution in [0.1, 0.15) is 49.3 Å². The maximum absolute atomic E-state index is 13.7. The van der Waals surface area contributed by atoms with Crippen LogP contribution < -0.4 is 0 Å². The third-order valence-electron chi connectivity index (χ3n) is 6.34. The number of hydrogen-bond acceptors (Lipinski definition) is 6. The summed E-state index contributed by atoms with van der Waals surface area (Å²) in [5.41, 5.74) is 1.98. The lowest BCUT2D eigenvalue weighted by Gasteiger charge is -2.45. The van der Waals surface area contributed by atoms with Crippen molar-refractivity contribution < 1.29 is 28.6 Å². The minimum atomic E-state index is -0.954. The minimum absolute atomic E-state index is 0.0704. The van der Waals surface area contributed by atoms with Crippen LogP contribution in [0, 0.1) is 26.2 Å². The molecule has 1 saturated heterocycles. The normalized spacial score (nSPS) is 21.7. The molecule has 7 nitrogen and oxygen atoms in total. The van der Waals surface area contributed by atoms with Gasteiger partial charge in [0.1, 0.15) is 17.9 Å². The van der Waals surface area contributed by atoms with Gasteiger partial charge in [-0.25, -0.2) is 5.06 Å². The topological polar surface area (TPSA) is 74.3 Å². The average Bonchev–Trinajstić information content (AvgIpc) is 3.26. The Bertz CT molecular complexity index is 952. The Hall–Kier alpha value is -2.66. The van der Waals surface area contributed by atoms with Crippen molar-refractivity contribution >= 4 is 17.4 Å². The van der Waals surface area contributed by atoms with E-state index in [0.717, 1.165) is 16.7 Å². The highest BCUT2D eigenvalue weighted by molar-refractivity contribution is 6.23. The zero-order valence-corrected chi connectivity index (χ0v) is 18.2. The molecule has 1 amide bonds. The Morgan fingerprint density at radius 1 is 1.16 bits per heavy atom. The lowest BCUT2D eigenvalue weighted by molar-refractivity contribution is -0.238. The Morgan fingerprint density at radius 3 is 2.32 bits per heavy atom. The summed E-state index contributed by atoms with van der Waals surface area (Å²) >= 11 is 0.